The van der Waals surface area contributed by atoms with Gasteiger partial charge in [0, 0.05) is 0 Å². The van der Waals surface area contributed by atoms with Crippen LogP contribution in [0.5, 0.6) is 0 Å². The maximum absolute atomic E-state index is 8.33. The normalized spacial score (nSPS) is 4.80. The maximum atomic E-state index is 8.33. The van der Waals surface area contributed by atoms with E-state index in [4.69, 9.17) is 15.0 Å². The first-order valence-corrected chi connectivity index (χ1v) is 0.612. The molecule has 24 valence electrons. The van der Waals surface area contributed by atoms with E-state index in [1.807, 2.05) is 0 Å². The number of hydrogen-bond donors (Lipinski definition) is 0. The predicted octanol–water partition coefficient (Wildman–Crippen LogP) is -2.83. The molecule has 0 saturated heterocycles. The van der Waals surface area contributed by atoms with Crippen LogP contribution < -0.4 is 10.2 Å². The van der Waals surface area contributed by atoms with E-state index < -0.39 is 6.16 Å². The fourth-order valence-corrected chi connectivity index (χ4v) is 0. The van der Waals surface area contributed by atoms with Crippen molar-refractivity contribution in [2.45, 2.75) is 0 Å². The van der Waals surface area contributed by atoms with Crippen LogP contribution in [0, 0.1) is 0 Å². The molecule has 0 atom stereocenters. The number of carbonyl (C=O) groups is 1. The van der Waals surface area contributed by atoms with Crippen LogP contribution in [0.3, 0.4) is 0 Å². The van der Waals surface area contributed by atoms with Gasteiger partial charge in [-0.3, -0.25) is 0 Å². The number of rotatable bonds is 0. The van der Waals surface area contributed by atoms with Gasteiger partial charge in [-0.05, 0) is 6.16 Å². The third kappa shape index (κ3) is 55.2. The predicted molar refractivity (Wildman–Crippen MR) is 11.1 cm³/mol. The molecule has 4 heteroatoms. The quantitative estimate of drug-likeness (QED) is 0.393. The third-order valence-corrected chi connectivity index (χ3v) is 0. The van der Waals surface area contributed by atoms with Crippen LogP contribution in [-0.4, -0.2) is 55.0 Å². The first kappa shape index (κ1) is 9.28. The average molecular weight is 197 g/mol. The average Bonchev–Trinajstić information content (AvgIpc) is 0.811. The number of carbonyl (C=O) groups excluding carboxylic acids is 1. The molecule has 0 fully saturated rings. The summed E-state index contributed by atoms with van der Waals surface area (Å²) in [5, 5.41) is 16.7. The standard InChI is InChI=1S/CH2O3.Ba/c2-1(3)4;/h(H2,2,3,4);/q;+2/p-2/i;1+0. The zero-order valence-corrected chi connectivity index (χ0v) is 6.87. The molecule has 0 aromatic carbocycles. The van der Waals surface area contributed by atoms with Crippen molar-refractivity contribution in [2.75, 3.05) is 0 Å². The summed E-state index contributed by atoms with van der Waals surface area (Å²) in [6.45, 7) is 0. The fraction of sp³-hybridized carbons (Fsp3) is 0. The molecule has 0 heterocycles. The SMILES string of the molecule is O=C([O-])[O-].[137Ba+2]. The molecule has 0 amide bonds. The Kier molecular flexibility index (Phi) is 8.98. The molecule has 0 aromatic heterocycles. The molecule has 0 aliphatic rings. The summed E-state index contributed by atoms with van der Waals surface area (Å²) < 4.78 is 0. The van der Waals surface area contributed by atoms with Gasteiger partial charge in [-0.25, -0.2) is 0 Å². The first-order chi connectivity index (χ1) is 1.73. The zero-order chi connectivity index (χ0) is 3.58. The number of hydrogen-bond acceptors (Lipinski definition) is 3. The Morgan fingerprint density at radius 2 is 1.40 bits per heavy atom. The molecule has 0 spiro atoms. The second-order valence-corrected chi connectivity index (χ2v) is 0.250. The molecule has 0 aliphatic carbocycles. The molecule has 5 heavy (non-hydrogen) atoms. The smallest absolute Gasteiger partial charge is 0.652 e. The van der Waals surface area contributed by atoms with Crippen LogP contribution in [0.2, 0.25) is 0 Å². The topological polar surface area (TPSA) is 63.2 Å². The van der Waals surface area contributed by atoms with Crippen molar-refractivity contribution in [3.8, 4) is 0 Å². The minimum atomic E-state index is -2.33. The van der Waals surface area contributed by atoms with Gasteiger partial charge < -0.3 is 15.0 Å². The van der Waals surface area contributed by atoms with Crippen LogP contribution in [0.4, 0.5) is 4.79 Å². The zero-order valence-electron chi connectivity index (χ0n) is 2.43. The Balaban J connectivity index is 0. The molecule has 0 saturated carbocycles. The molecule has 0 rings (SSSR count). The Morgan fingerprint density at radius 1 is 1.40 bits per heavy atom. The first-order valence-electron chi connectivity index (χ1n) is 0.612. The Bertz CT molecular complexity index is 29.9. The Morgan fingerprint density at radius 3 is 1.40 bits per heavy atom. The van der Waals surface area contributed by atoms with Crippen molar-refractivity contribution in [3.63, 3.8) is 0 Å². The summed E-state index contributed by atoms with van der Waals surface area (Å²) >= 11 is 0. The van der Waals surface area contributed by atoms with Crippen molar-refractivity contribution < 1.29 is 15.0 Å². The largest absolute Gasteiger partial charge is 2.00 e. The van der Waals surface area contributed by atoms with Crippen LogP contribution in [0.15, 0.2) is 0 Å². The summed E-state index contributed by atoms with van der Waals surface area (Å²) in [5.41, 5.74) is 0. The van der Waals surface area contributed by atoms with E-state index in [1.54, 1.807) is 0 Å². The van der Waals surface area contributed by atoms with Crippen molar-refractivity contribution >= 4 is 55.0 Å². The van der Waals surface area contributed by atoms with Crippen molar-refractivity contribution in [1.29, 1.82) is 0 Å². The Hall–Kier alpha value is 0.841. The van der Waals surface area contributed by atoms with Crippen LogP contribution in [0.25, 0.3) is 0 Å². The number of carboxylic acid groups (broad SMARTS) is 2. The van der Waals surface area contributed by atoms with Gasteiger partial charge in [0.25, 0.3) is 0 Å². The molecule has 3 nitrogen and oxygen atoms in total. The summed E-state index contributed by atoms with van der Waals surface area (Å²) in [6.07, 6.45) is -2.33. The van der Waals surface area contributed by atoms with E-state index >= 15 is 0 Å². The Labute approximate surface area is 69.1 Å². The van der Waals surface area contributed by atoms with Gasteiger partial charge in [-0.2, -0.15) is 0 Å². The minimum Gasteiger partial charge on any atom is -0.652 e. The minimum absolute atomic E-state index is 0. The monoisotopic (exact) mass is 197 g/mol. The molecule has 0 aliphatic heterocycles. The molecular weight excluding hydrogens is 197 g/mol. The fourth-order valence-electron chi connectivity index (χ4n) is 0. The van der Waals surface area contributed by atoms with E-state index in [0.29, 0.717) is 0 Å². The van der Waals surface area contributed by atoms with Gasteiger partial charge in [0.2, 0.25) is 0 Å². The van der Waals surface area contributed by atoms with Gasteiger partial charge in [0.05, 0.1) is 0 Å². The van der Waals surface area contributed by atoms with E-state index in [9.17, 15) is 0 Å². The molecule has 0 unspecified atom stereocenters. The van der Waals surface area contributed by atoms with Crippen molar-refractivity contribution in [1.82, 2.24) is 0 Å². The van der Waals surface area contributed by atoms with Gasteiger partial charge >= 0.3 is 48.9 Å². The van der Waals surface area contributed by atoms with Gasteiger partial charge in [-0.1, -0.05) is 0 Å². The van der Waals surface area contributed by atoms with E-state index in [0.717, 1.165) is 0 Å². The second kappa shape index (κ2) is 4.84. The summed E-state index contributed by atoms with van der Waals surface area (Å²) in [6, 6.07) is 0. The van der Waals surface area contributed by atoms with E-state index in [2.05, 4.69) is 0 Å². The molecule has 0 bridgehead atoms. The van der Waals surface area contributed by atoms with Crippen molar-refractivity contribution in [3.05, 3.63) is 0 Å². The van der Waals surface area contributed by atoms with Crippen LogP contribution in [-0.2, 0) is 0 Å². The van der Waals surface area contributed by atoms with E-state index in [1.165, 1.54) is 0 Å². The van der Waals surface area contributed by atoms with Gasteiger partial charge in [-0.15, -0.1) is 0 Å². The molecule has 0 radical (unpaired) electrons. The summed E-state index contributed by atoms with van der Waals surface area (Å²) in [5.74, 6) is 0. The molecular formula is CBaO3. The van der Waals surface area contributed by atoms with Gasteiger partial charge in [0.1, 0.15) is 0 Å². The summed E-state index contributed by atoms with van der Waals surface area (Å²) in [4.78, 5) is 8.33. The van der Waals surface area contributed by atoms with Gasteiger partial charge in [0.15, 0.2) is 0 Å². The van der Waals surface area contributed by atoms with Crippen molar-refractivity contribution in [2.24, 2.45) is 0 Å². The third-order valence-electron chi connectivity index (χ3n) is 0. The van der Waals surface area contributed by atoms with Crippen LogP contribution in [0.1, 0.15) is 0 Å². The summed E-state index contributed by atoms with van der Waals surface area (Å²) in [7, 11) is 0. The van der Waals surface area contributed by atoms with E-state index in [-0.39, 0.29) is 48.9 Å². The molecule has 0 aromatic rings. The second-order valence-electron chi connectivity index (χ2n) is 0.250. The maximum Gasteiger partial charge on any atom is 2.00 e. The molecule has 0 N–H and O–H groups in total. The van der Waals surface area contributed by atoms with Crippen LogP contribution >= 0.6 is 0 Å².